The van der Waals surface area contributed by atoms with E-state index in [0.29, 0.717) is 0 Å². The van der Waals surface area contributed by atoms with Crippen LogP contribution in [-0.2, 0) is 4.79 Å². The van der Waals surface area contributed by atoms with Gasteiger partial charge in [-0.2, -0.15) is 0 Å². The van der Waals surface area contributed by atoms with Crippen LogP contribution < -0.4 is 5.73 Å². The van der Waals surface area contributed by atoms with E-state index in [1.54, 1.807) is 0 Å². The number of amides is 1. The maximum absolute atomic E-state index is 10.7. The van der Waals surface area contributed by atoms with Gasteiger partial charge in [-0.15, -0.1) is 0 Å². The average molecular weight is 142 g/mol. The van der Waals surface area contributed by atoms with E-state index >= 15 is 0 Å². The SMILES string of the molecule is CN1CCCC[C@@H]1C(N)=O. The molecular weight excluding hydrogens is 128 g/mol. The molecule has 10 heavy (non-hydrogen) atoms. The fourth-order valence-corrected chi connectivity index (χ4v) is 1.43. The third-order valence-electron chi connectivity index (χ3n) is 2.10. The first kappa shape index (κ1) is 7.54. The van der Waals surface area contributed by atoms with E-state index in [-0.39, 0.29) is 11.9 Å². The molecule has 0 aromatic heterocycles. The lowest BCUT2D eigenvalue weighted by atomic mass is 10.0. The van der Waals surface area contributed by atoms with E-state index in [1.807, 2.05) is 11.9 Å². The molecule has 1 heterocycles. The first-order valence-corrected chi connectivity index (χ1v) is 3.71. The number of piperidine rings is 1. The van der Waals surface area contributed by atoms with Crippen LogP contribution in [-0.4, -0.2) is 30.4 Å². The number of carbonyl (C=O) groups excluding carboxylic acids is 1. The lowest BCUT2D eigenvalue weighted by molar-refractivity contribution is -0.123. The third-order valence-corrected chi connectivity index (χ3v) is 2.10. The molecule has 0 saturated carbocycles. The molecule has 0 unspecified atom stereocenters. The Kier molecular flexibility index (Phi) is 2.27. The van der Waals surface area contributed by atoms with Crippen molar-refractivity contribution in [2.45, 2.75) is 25.3 Å². The van der Waals surface area contributed by atoms with Crippen molar-refractivity contribution in [1.29, 1.82) is 0 Å². The van der Waals surface area contributed by atoms with Crippen molar-refractivity contribution in [3.8, 4) is 0 Å². The summed E-state index contributed by atoms with van der Waals surface area (Å²) in [5.41, 5.74) is 5.18. The topological polar surface area (TPSA) is 46.3 Å². The number of likely N-dealkylation sites (N-methyl/N-ethyl adjacent to an activating group) is 1. The van der Waals surface area contributed by atoms with Crippen LogP contribution in [0.1, 0.15) is 19.3 Å². The zero-order valence-electron chi connectivity index (χ0n) is 6.34. The Morgan fingerprint density at radius 2 is 2.30 bits per heavy atom. The molecule has 1 fully saturated rings. The molecule has 1 aliphatic heterocycles. The van der Waals surface area contributed by atoms with Crippen LogP contribution in [0.4, 0.5) is 0 Å². The summed E-state index contributed by atoms with van der Waals surface area (Å²) in [5.74, 6) is -0.179. The van der Waals surface area contributed by atoms with Gasteiger partial charge in [-0.1, -0.05) is 6.42 Å². The van der Waals surface area contributed by atoms with Gasteiger partial charge in [-0.25, -0.2) is 0 Å². The fourth-order valence-electron chi connectivity index (χ4n) is 1.43. The third kappa shape index (κ3) is 1.48. The maximum Gasteiger partial charge on any atom is 0.234 e. The van der Waals surface area contributed by atoms with E-state index in [9.17, 15) is 4.79 Å². The minimum Gasteiger partial charge on any atom is -0.368 e. The average Bonchev–Trinajstić information content (AvgIpc) is 1.88. The Balaban J connectivity index is 2.47. The summed E-state index contributed by atoms with van der Waals surface area (Å²) >= 11 is 0. The second kappa shape index (κ2) is 3.01. The van der Waals surface area contributed by atoms with Crippen LogP contribution in [0.2, 0.25) is 0 Å². The van der Waals surface area contributed by atoms with Crippen LogP contribution in [0.3, 0.4) is 0 Å². The van der Waals surface area contributed by atoms with Crippen LogP contribution in [0, 0.1) is 0 Å². The van der Waals surface area contributed by atoms with E-state index < -0.39 is 0 Å². The molecule has 58 valence electrons. The number of hydrogen-bond donors (Lipinski definition) is 1. The Hall–Kier alpha value is -0.570. The Bertz CT molecular complexity index is 136. The predicted molar refractivity (Wildman–Crippen MR) is 39.5 cm³/mol. The van der Waals surface area contributed by atoms with Crippen molar-refractivity contribution in [3.05, 3.63) is 0 Å². The minimum atomic E-state index is -0.179. The summed E-state index contributed by atoms with van der Waals surface area (Å²) < 4.78 is 0. The van der Waals surface area contributed by atoms with Crippen LogP contribution in [0.25, 0.3) is 0 Å². The summed E-state index contributed by atoms with van der Waals surface area (Å²) in [6.07, 6.45) is 3.27. The second-order valence-electron chi connectivity index (χ2n) is 2.89. The van der Waals surface area contributed by atoms with E-state index in [1.165, 1.54) is 6.42 Å². The van der Waals surface area contributed by atoms with Gasteiger partial charge >= 0.3 is 0 Å². The highest BCUT2D eigenvalue weighted by Crippen LogP contribution is 2.13. The van der Waals surface area contributed by atoms with Gasteiger partial charge < -0.3 is 5.73 Å². The van der Waals surface area contributed by atoms with E-state index in [0.717, 1.165) is 19.4 Å². The predicted octanol–water partition coefficient (Wildman–Crippen LogP) is -0.0440. The van der Waals surface area contributed by atoms with Crippen molar-refractivity contribution in [3.63, 3.8) is 0 Å². The van der Waals surface area contributed by atoms with Crippen molar-refractivity contribution < 1.29 is 4.79 Å². The lowest BCUT2D eigenvalue weighted by Crippen LogP contribution is -2.45. The maximum atomic E-state index is 10.7. The number of carbonyl (C=O) groups is 1. The van der Waals surface area contributed by atoms with Gasteiger partial charge in [0.25, 0.3) is 0 Å². The van der Waals surface area contributed by atoms with E-state index in [4.69, 9.17) is 5.73 Å². The largest absolute Gasteiger partial charge is 0.368 e. The number of nitrogens with two attached hydrogens (primary N) is 1. The smallest absolute Gasteiger partial charge is 0.234 e. The fraction of sp³-hybridized carbons (Fsp3) is 0.857. The van der Waals surface area contributed by atoms with Crippen molar-refractivity contribution in [2.24, 2.45) is 5.73 Å². The number of hydrogen-bond acceptors (Lipinski definition) is 2. The van der Waals surface area contributed by atoms with Gasteiger partial charge in [0.2, 0.25) is 5.91 Å². The number of primary amides is 1. The van der Waals surface area contributed by atoms with Crippen molar-refractivity contribution >= 4 is 5.91 Å². The first-order valence-electron chi connectivity index (χ1n) is 3.71. The normalized spacial score (nSPS) is 28.3. The van der Waals surface area contributed by atoms with Gasteiger partial charge in [-0.05, 0) is 26.4 Å². The summed E-state index contributed by atoms with van der Waals surface area (Å²) in [5, 5.41) is 0. The van der Waals surface area contributed by atoms with Crippen LogP contribution >= 0.6 is 0 Å². The first-order chi connectivity index (χ1) is 4.72. The molecule has 1 aliphatic rings. The standard InChI is InChI=1S/C7H14N2O/c1-9-5-3-2-4-6(9)7(8)10/h6H,2-5H2,1H3,(H2,8,10)/t6-/m1/s1. The summed E-state index contributed by atoms with van der Waals surface area (Å²) in [6, 6.07) is -0.00579. The molecule has 3 nitrogen and oxygen atoms in total. The van der Waals surface area contributed by atoms with Crippen LogP contribution in [0.15, 0.2) is 0 Å². The monoisotopic (exact) mass is 142 g/mol. The highest BCUT2D eigenvalue weighted by molar-refractivity contribution is 5.79. The summed E-state index contributed by atoms with van der Waals surface area (Å²) in [6.45, 7) is 1.01. The number of rotatable bonds is 1. The molecular formula is C7H14N2O. The number of likely N-dealkylation sites (tertiary alicyclic amines) is 1. The molecule has 0 spiro atoms. The Morgan fingerprint density at radius 1 is 1.60 bits per heavy atom. The highest BCUT2D eigenvalue weighted by Gasteiger charge is 2.22. The van der Waals surface area contributed by atoms with Crippen LogP contribution in [0.5, 0.6) is 0 Å². The zero-order valence-corrected chi connectivity index (χ0v) is 6.34. The molecule has 0 aromatic rings. The van der Waals surface area contributed by atoms with Gasteiger partial charge in [0.1, 0.15) is 0 Å². The molecule has 0 aromatic carbocycles. The van der Waals surface area contributed by atoms with Gasteiger partial charge in [0, 0.05) is 0 Å². The van der Waals surface area contributed by atoms with Crippen molar-refractivity contribution in [1.82, 2.24) is 4.90 Å². The molecule has 0 bridgehead atoms. The quantitative estimate of drug-likeness (QED) is 0.558. The molecule has 2 N–H and O–H groups in total. The van der Waals surface area contributed by atoms with E-state index in [2.05, 4.69) is 0 Å². The molecule has 0 radical (unpaired) electrons. The summed E-state index contributed by atoms with van der Waals surface area (Å²) in [4.78, 5) is 12.8. The van der Waals surface area contributed by atoms with Gasteiger partial charge in [0.05, 0.1) is 6.04 Å². The van der Waals surface area contributed by atoms with Gasteiger partial charge in [0.15, 0.2) is 0 Å². The molecule has 3 heteroatoms. The number of nitrogens with zero attached hydrogens (tertiary/aromatic N) is 1. The Morgan fingerprint density at radius 3 is 2.70 bits per heavy atom. The zero-order chi connectivity index (χ0) is 7.56. The minimum absolute atomic E-state index is 0.00579. The second-order valence-corrected chi connectivity index (χ2v) is 2.89. The van der Waals surface area contributed by atoms with Crippen molar-refractivity contribution in [2.75, 3.05) is 13.6 Å². The Labute approximate surface area is 61.2 Å². The lowest BCUT2D eigenvalue weighted by Gasteiger charge is -2.29. The molecule has 1 saturated heterocycles. The molecule has 1 atom stereocenters. The molecule has 1 amide bonds. The molecule has 1 rings (SSSR count). The van der Waals surface area contributed by atoms with Gasteiger partial charge in [-0.3, -0.25) is 9.69 Å². The highest BCUT2D eigenvalue weighted by atomic mass is 16.1. The summed E-state index contributed by atoms with van der Waals surface area (Å²) in [7, 11) is 1.95. The molecule has 0 aliphatic carbocycles.